The number of aromatic amines is 2. The number of nitrogens with zero attached hydrogens (tertiary/aromatic N) is 3. The van der Waals surface area contributed by atoms with Crippen LogP contribution in [0.3, 0.4) is 0 Å². The number of likely N-dealkylation sites (tertiary alicyclic amines) is 1. The molecule has 2 aromatic carbocycles. The smallest absolute Gasteiger partial charge is 0.410 e. The summed E-state index contributed by atoms with van der Waals surface area (Å²) in [4.78, 5) is 42.3. The number of hydrogen-bond donors (Lipinski definition) is 3. The third-order valence-corrected chi connectivity index (χ3v) is 7.82. The van der Waals surface area contributed by atoms with Gasteiger partial charge in [-0.15, -0.1) is 0 Å². The topological polar surface area (TPSA) is 125 Å². The maximum atomic E-state index is 15.2. The predicted octanol–water partition coefficient (Wildman–Crippen LogP) is 8.24. The summed E-state index contributed by atoms with van der Waals surface area (Å²) >= 11 is 0. The van der Waals surface area contributed by atoms with Gasteiger partial charge in [0, 0.05) is 30.8 Å². The predicted molar refractivity (Wildman–Crippen MR) is 176 cm³/mol. The van der Waals surface area contributed by atoms with E-state index in [1.165, 1.54) is 6.07 Å². The zero-order valence-electron chi connectivity index (χ0n) is 27.8. The maximum absolute atomic E-state index is 15.2. The van der Waals surface area contributed by atoms with Crippen molar-refractivity contribution in [2.75, 3.05) is 13.1 Å². The largest absolute Gasteiger partial charge is 0.444 e. The Labute approximate surface area is 269 Å². The van der Waals surface area contributed by atoms with E-state index in [0.717, 1.165) is 53.9 Å². The molecule has 0 bridgehead atoms. The normalized spacial score (nSPS) is 16.1. The van der Waals surface area contributed by atoms with Gasteiger partial charge in [-0.1, -0.05) is 31.2 Å². The van der Waals surface area contributed by atoms with Crippen LogP contribution in [0, 0.1) is 5.82 Å². The van der Waals surface area contributed by atoms with E-state index in [9.17, 15) is 9.59 Å². The molecule has 2 amide bonds. The van der Waals surface area contributed by atoms with Gasteiger partial charge in [0.05, 0.1) is 17.3 Å². The molecule has 0 saturated carbocycles. The van der Waals surface area contributed by atoms with Crippen LogP contribution in [0.1, 0.15) is 97.8 Å². The van der Waals surface area contributed by atoms with Crippen LogP contribution in [0.4, 0.5) is 14.0 Å². The van der Waals surface area contributed by atoms with Crippen LogP contribution in [0.5, 0.6) is 0 Å². The standard InChI is InChI=1S/C35H45FN6O4/c1-21(10-8-16-37-32(43)45-34(2,3)4)30-39-26-19-24(18-25(36)29(26)41-30)22-12-14-23(15-13-22)27-20-38-31(40-27)28-11-9-17-42(28)33(44)46-35(5,6)7/h12-15,18-21,28H,8-11,16-17H2,1-7H3,(H,37,43)(H,38,40)(H,39,41)/t21-,28-/m0/s1. The highest BCUT2D eigenvalue weighted by atomic mass is 19.1. The number of carbonyl (C=O) groups is 2. The summed E-state index contributed by atoms with van der Waals surface area (Å²) in [6, 6.07) is 11.1. The van der Waals surface area contributed by atoms with Crippen LogP contribution in [0.25, 0.3) is 33.4 Å². The second-order valence-electron chi connectivity index (χ2n) is 14.0. The zero-order valence-corrected chi connectivity index (χ0v) is 27.8. The first-order valence-corrected chi connectivity index (χ1v) is 16.0. The number of imidazole rings is 2. The van der Waals surface area contributed by atoms with Crippen LogP contribution < -0.4 is 5.32 Å². The fourth-order valence-corrected chi connectivity index (χ4v) is 5.62. The molecule has 2 aromatic heterocycles. The number of ether oxygens (including phenoxy) is 2. The molecule has 0 unspecified atom stereocenters. The minimum atomic E-state index is -0.560. The first-order chi connectivity index (χ1) is 21.7. The highest BCUT2D eigenvalue weighted by Crippen LogP contribution is 2.34. The number of H-pyrrole nitrogens is 2. The second kappa shape index (κ2) is 13.1. The van der Waals surface area contributed by atoms with Crippen LogP contribution in [0.15, 0.2) is 42.6 Å². The van der Waals surface area contributed by atoms with Gasteiger partial charge in [-0.3, -0.25) is 4.90 Å². The molecule has 5 rings (SSSR count). The average Bonchev–Trinajstić information content (AvgIpc) is 3.73. The Morgan fingerprint density at radius 2 is 1.72 bits per heavy atom. The summed E-state index contributed by atoms with van der Waals surface area (Å²) in [5, 5.41) is 2.77. The number of hydrogen-bond acceptors (Lipinski definition) is 6. The SMILES string of the molecule is C[C@@H](CCCNC(=O)OC(C)(C)C)c1nc2cc(-c3ccc(-c4c[nH]c([C@@H]5CCCN5C(=O)OC(C)(C)C)n4)cc3)cc(F)c2[nH]1. The molecule has 11 heteroatoms. The van der Waals surface area contributed by atoms with E-state index in [-0.39, 0.29) is 23.9 Å². The Kier molecular flexibility index (Phi) is 9.42. The second-order valence-corrected chi connectivity index (χ2v) is 14.0. The lowest BCUT2D eigenvalue weighted by Crippen LogP contribution is -2.36. The Morgan fingerprint density at radius 3 is 2.41 bits per heavy atom. The van der Waals surface area contributed by atoms with E-state index in [4.69, 9.17) is 19.4 Å². The number of aromatic nitrogens is 4. The zero-order chi connectivity index (χ0) is 33.2. The number of carbonyl (C=O) groups excluding carboxylic acids is 2. The fraction of sp³-hybridized carbons (Fsp3) is 0.486. The summed E-state index contributed by atoms with van der Waals surface area (Å²) in [6.45, 7) is 14.2. The van der Waals surface area contributed by atoms with Crippen LogP contribution in [0.2, 0.25) is 0 Å². The molecule has 1 saturated heterocycles. The van der Waals surface area contributed by atoms with Gasteiger partial charge in [0.1, 0.15) is 34.2 Å². The first-order valence-electron chi connectivity index (χ1n) is 16.0. The summed E-state index contributed by atoms with van der Waals surface area (Å²) in [7, 11) is 0. The Morgan fingerprint density at radius 1 is 1.02 bits per heavy atom. The number of benzene rings is 2. The van der Waals surface area contributed by atoms with Crippen molar-refractivity contribution in [3.05, 3.63) is 60.1 Å². The minimum Gasteiger partial charge on any atom is -0.444 e. The highest BCUT2D eigenvalue weighted by molar-refractivity contribution is 5.83. The summed E-state index contributed by atoms with van der Waals surface area (Å²) in [6.07, 6.45) is 4.29. The molecule has 2 atom stereocenters. The van der Waals surface area contributed by atoms with E-state index in [1.54, 1.807) is 4.90 Å². The van der Waals surface area contributed by atoms with E-state index in [0.29, 0.717) is 29.9 Å². The van der Waals surface area contributed by atoms with E-state index in [1.807, 2.05) is 85.0 Å². The van der Waals surface area contributed by atoms with Crippen molar-refractivity contribution in [3.63, 3.8) is 0 Å². The fourth-order valence-electron chi connectivity index (χ4n) is 5.62. The van der Waals surface area contributed by atoms with E-state index >= 15 is 4.39 Å². The van der Waals surface area contributed by atoms with Gasteiger partial charge in [0.15, 0.2) is 0 Å². The van der Waals surface area contributed by atoms with Crippen LogP contribution >= 0.6 is 0 Å². The summed E-state index contributed by atoms with van der Waals surface area (Å²) in [5.41, 5.74) is 3.11. The molecule has 0 spiro atoms. The van der Waals surface area contributed by atoms with E-state index < -0.39 is 17.3 Å². The third-order valence-electron chi connectivity index (χ3n) is 7.82. The molecule has 4 aromatic rings. The molecule has 246 valence electrons. The molecule has 1 aliphatic heterocycles. The third kappa shape index (κ3) is 8.05. The molecule has 1 aliphatic rings. The quantitative estimate of drug-likeness (QED) is 0.168. The molecular weight excluding hydrogens is 587 g/mol. The van der Waals surface area contributed by atoms with Crippen molar-refractivity contribution in [1.82, 2.24) is 30.2 Å². The summed E-state index contributed by atoms with van der Waals surface area (Å²) < 4.78 is 26.1. The number of alkyl carbamates (subject to hydrolysis) is 1. The van der Waals surface area contributed by atoms with Gasteiger partial charge >= 0.3 is 12.2 Å². The van der Waals surface area contributed by atoms with Crippen LogP contribution in [-0.2, 0) is 9.47 Å². The lowest BCUT2D eigenvalue weighted by Gasteiger charge is -2.27. The Balaban J connectivity index is 1.23. The molecule has 10 nitrogen and oxygen atoms in total. The molecule has 3 N–H and O–H groups in total. The lowest BCUT2D eigenvalue weighted by atomic mass is 10.0. The average molecular weight is 633 g/mol. The van der Waals surface area contributed by atoms with Crippen molar-refractivity contribution in [1.29, 1.82) is 0 Å². The van der Waals surface area contributed by atoms with Crippen LogP contribution in [-0.4, -0.2) is 61.3 Å². The Hall–Kier alpha value is -4.41. The van der Waals surface area contributed by atoms with Crippen molar-refractivity contribution >= 4 is 23.2 Å². The highest BCUT2D eigenvalue weighted by Gasteiger charge is 2.35. The number of nitrogens with one attached hydrogen (secondary N) is 3. The molecule has 1 fully saturated rings. The minimum absolute atomic E-state index is 0.0501. The number of fused-ring (bicyclic) bond motifs is 1. The van der Waals surface area contributed by atoms with Gasteiger partial charge in [0.2, 0.25) is 0 Å². The van der Waals surface area contributed by atoms with E-state index in [2.05, 4.69) is 15.3 Å². The first kappa shape index (κ1) is 33.0. The number of rotatable bonds is 8. The van der Waals surface area contributed by atoms with Gasteiger partial charge < -0.3 is 24.8 Å². The van der Waals surface area contributed by atoms with Gasteiger partial charge in [-0.05, 0) is 90.5 Å². The maximum Gasteiger partial charge on any atom is 0.410 e. The number of halogens is 1. The van der Waals surface area contributed by atoms with Gasteiger partial charge in [-0.2, -0.15) is 0 Å². The van der Waals surface area contributed by atoms with Gasteiger partial charge in [0.25, 0.3) is 0 Å². The monoisotopic (exact) mass is 632 g/mol. The lowest BCUT2D eigenvalue weighted by molar-refractivity contribution is 0.0218. The number of amides is 2. The molecule has 46 heavy (non-hydrogen) atoms. The van der Waals surface area contributed by atoms with Crippen molar-refractivity contribution in [3.8, 4) is 22.4 Å². The molecule has 3 heterocycles. The van der Waals surface area contributed by atoms with Crippen molar-refractivity contribution in [2.24, 2.45) is 0 Å². The molecular formula is C35H45FN6O4. The summed E-state index contributed by atoms with van der Waals surface area (Å²) in [5.74, 6) is 1.13. The Bertz CT molecular complexity index is 1680. The van der Waals surface area contributed by atoms with Gasteiger partial charge in [-0.25, -0.2) is 23.9 Å². The van der Waals surface area contributed by atoms with Crippen molar-refractivity contribution in [2.45, 2.75) is 97.3 Å². The molecule has 0 radical (unpaired) electrons. The molecule has 0 aliphatic carbocycles. The van der Waals surface area contributed by atoms with Crippen molar-refractivity contribution < 1.29 is 23.5 Å².